The third-order valence-corrected chi connectivity index (χ3v) is 2.16. The standard InChI is InChI=1S/C11H12N2O2/c1-8-3-4-13(11(14)5-8)7-10-6-9(2)15-12-10/h3-6H,7H2,1-2H3. The van der Waals surface area contributed by atoms with Crippen LogP contribution in [0, 0.1) is 13.8 Å². The summed E-state index contributed by atoms with van der Waals surface area (Å²) in [7, 11) is 0. The fraction of sp³-hybridized carbons (Fsp3) is 0.273. The highest BCUT2D eigenvalue weighted by atomic mass is 16.5. The summed E-state index contributed by atoms with van der Waals surface area (Å²) in [5.74, 6) is 0.755. The van der Waals surface area contributed by atoms with Gasteiger partial charge in [-0.2, -0.15) is 0 Å². The lowest BCUT2D eigenvalue weighted by atomic mass is 10.3. The smallest absolute Gasteiger partial charge is 0.251 e. The van der Waals surface area contributed by atoms with E-state index in [2.05, 4.69) is 5.16 Å². The van der Waals surface area contributed by atoms with Gasteiger partial charge >= 0.3 is 0 Å². The number of rotatable bonds is 2. The second-order valence-corrected chi connectivity index (χ2v) is 3.60. The van der Waals surface area contributed by atoms with E-state index in [0.29, 0.717) is 6.54 Å². The minimum atomic E-state index is -0.0179. The van der Waals surface area contributed by atoms with Crippen molar-refractivity contribution >= 4 is 0 Å². The van der Waals surface area contributed by atoms with Crippen LogP contribution in [0.3, 0.4) is 0 Å². The van der Waals surface area contributed by atoms with E-state index in [0.717, 1.165) is 17.0 Å². The molecule has 0 spiro atoms. The van der Waals surface area contributed by atoms with Gasteiger partial charge in [-0.05, 0) is 25.5 Å². The SMILES string of the molecule is Cc1ccn(Cc2cc(C)on2)c(=O)c1. The molecule has 78 valence electrons. The molecule has 0 amide bonds. The van der Waals surface area contributed by atoms with Crippen molar-refractivity contribution in [3.8, 4) is 0 Å². The first kappa shape index (κ1) is 9.71. The van der Waals surface area contributed by atoms with Gasteiger partial charge in [0, 0.05) is 18.3 Å². The molecule has 0 saturated heterocycles. The molecule has 0 aliphatic rings. The van der Waals surface area contributed by atoms with Gasteiger partial charge in [0.15, 0.2) is 0 Å². The fourth-order valence-electron chi connectivity index (χ4n) is 1.40. The van der Waals surface area contributed by atoms with Crippen LogP contribution in [0.2, 0.25) is 0 Å². The predicted octanol–water partition coefficient (Wildman–Crippen LogP) is 1.50. The Morgan fingerprint density at radius 3 is 2.80 bits per heavy atom. The average molecular weight is 204 g/mol. The van der Waals surface area contributed by atoms with Crippen molar-refractivity contribution in [1.29, 1.82) is 0 Å². The Morgan fingerprint density at radius 1 is 1.40 bits per heavy atom. The van der Waals surface area contributed by atoms with Gasteiger partial charge in [-0.3, -0.25) is 4.79 Å². The van der Waals surface area contributed by atoms with E-state index in [1.807, 2.05) is 26.0 Å². The van der Waals surface area contributed by atoms with Crippen molar-refractivity contribution in [3.63, 3.8) is 0 Å². The summed E-state index contributed by atoms with van der Waals surface area (Å²) < 4.78 is 6.54. The Hall–Kier alpha value is -1.84. The first-order valence-corrected chi connectivity index (χ1v) is 4.74. The van der Waals surface area contributed by atoms with Crippen LogP contribution in [0.15, 0.2) is 33.7 Å². The second kappa shape index (κ2) is 3.73. The Labute approximate surface area is 87.1 Å². The lowest BCUT2D eigenvalue weighted by Crippen LogP contribution is -2.19. The molecule has 0 atom stereocenters. The summed E-state index contributed by atoms with van der Waals surface area (Å²) in [4.78, 5) is 11.6. The molecule has 0 radical (unpaired) electrons. The van der Waals surface area contributed by atoms with Crippen molar-refractivity contribution in [3.05, 3.63) is 51.8 Å². The van der Waals surface area contributed by atoms with Crippen molar-refractivity contribution in [2.24, 2.45) is 0 Å². The molecule has 4 heteroatoms. The van der Waals surface area contributed by atoms with Gasteiger partial charge in [0.25, 0.3) is 5.56 Å². The molecular weight excluding hydrogens is 192 g/mol. The Balaban J connectivity index is 2.28. The minimum Gasteiger partial charge on any atom is -0.361 e. The topological polar surface area (TPSA) is 48.0 Å². The Bertz CT molecular complexity index is 525. The zero-order chi connectivity index (χ0) is 10.8. The van der Waals surface area contributed by atoms with Gasteiger partial charge in [-0.25, -0.2) is 0 Å². The first-order valence-electron chi connectivity index (χ1n) is 4.74. The van der Waals surface area contributed by atoms with Gasteiger partial charge in [0.05, 0.1) is 6.54 Å². The van der Waals surface area contributed by atoms with E-state index >= 15 is 0 Å². The number of hydrogen-bond acceptors (Lipinski definition) is 3. The van der Waals surface area contributed by atoms with Gasteiger partial charge in [0.1, 0.15) is 11.5 Å². The first-order chi connectivity index (χ1) is 7.15. The van der Waals surface area contributed by atoms with Crippen LogP contribution in [0.1, 0.15) is 17.0 Å². The molecule has 2 aromatic heterocycles. The maximum Gasteiger partial charge on any atom is 0.251 e. The molecule has 0 aliphatic heterocycles. The highest BCUT2D eigenvalue weighted by Crippen LogP contribution is 2.03. The molecule has 0 aliphatic carbocycles. The van der Waals surface area contributed by atoms with Crippen molar-refractivity contribution in [1.82, 2.24) is 9.72 Å². The van der Waals surface area contributed by atoms with Crippen molar-refractivity contribution in [2.45, 2.75) is 20.4 Å². The number of aromatic nitrogens is 2. The summed E-state index contributed by atoms with van der Waals surface area (Å²) >= 11 is 0. The van der Waals surface area contributed by atoms with E-state index in [-0.39, 0.29) is 5.56 Å². The monoisotopic (exact) mass is 204 g/mol. The molecule has 2 aromatic rings. The third kappa shape index (κ3) is 2.15. The highest BCUT2D eigenvalue weighted by molar-refractivity contribution is 5.10. The van der Waals surface area contributed by atoms with Crippen LogP contribution in [-0.2, 0) is 6.54 Å². The predicted molar refractivity (Wildman–Crippen MR) is 55.8 cm³/mol. The van der Waals surface area contributed by atoms with E-state index in [9.17, 15) is 4.79 Å². The zero-order valence-electron chi connectivity index (χ0n) is 8.73. The van der Waals surface area contributed by atoms with Crippen LogP contribution in [0.25, 0.3) is 0 Å². The minimum absolute atomic E-state index is 0.0179. The second-order valence-electron chi connectivity index (χ2n) is 3.60. The molecule has 0 fully saturated rings. The Kier molecular flexibility index (Phi) is 2.41. The maximum absolute atomic E-state index is 11.6. The zero-order valence-corrected chi connectivity index (χ0v) is 8.73. The molecule has 0 bridgehead atoms. The highest BCUT2D eigenvalue weighted by Gasteiger charge is 2.02. The van der Waals surface area contributed by atoms with Gasteiger partial charge in [-0.15, -0.1) is 0 Å². The summed E-state index contributed by atoms with van der Waals surface area (Å²) in [6.45, 7) is 4.18. The maximum atomic E-state index is 11.6. The molecular formula is C11H12N2O2. The van der Waals surface area contributed by atoms with Crippen LogP contribution >= 0.6 is 0 Å². The number of nitrogens with zero attached hydrogens (tertiary/aromatic N) is 2. The molecule has 15 heavy (non-hydrogen) atoms. The third-order valence-electron chi connectivity index (χ3n) is 2.16. The molecule has 0 saturated carbocycles. The summed E-state index contributed by atoms with van der Waals surface area (Å²) in [5.41, 5.74) is 1.71. The number of aryl methyl sites for hydroxylation is 2. The summed E-state index contributed by atoms with van der Waals surface area (Å²) in [5, 5.41) is 3.84. The van der Waals surface area contributed by atoms with Crippen molar-refractivity contribution < 1.29 is 4.52 Å². The largest absolute Gasteiger partial charge is 0.361 e. The lowest BCUT2D eigenvalue weighted by molar-refractivity contribution is 0.388. The molecule has 0 aromatic carbocycles. The van der Waals surface area contributed by atoms with Crippen LogP contribution in [0.4, 0.5) is 0 Å². The van der Waals surface area contributed by atoms with Gasteiger partial charge in [0.2, 0.25) is 0 Å². The number of pyridine rings is 1. The molecule has 0 unspecified atom stereocenters. The normalized spacial score (nSPS) is 10.5. The molecule has 0 N–H and O–H groups in total. The van der Waals surface area contributed by atoms with Gasteiger partial charge in [-0.1, -0.05) is 5.16 Å². The van der Waals surface area contributed by atoms with Crippen molar-refractivity contribution in [2.75, 3.05) is 0 Å². The van der Waals surface area contributed by atoms with Crippen LogP contribution < -0.4 is 5.56 Å². The molecule has 4 nitrogen and oxygen atoms in total. The van der Waals surface area contributed by atoms with E-state index < -0.39 is 0 Å². The summed E-state index contributed by atoms with van der Waals surface area (Å²) in [6, 6.07) is 5.33. The van der Waals surface area contributed by atoms with Crippen LogP contribution in [-0.4, -0.2) is 9.72 Å². The van der Waals surface area contributed by atoms with E-state index in [1.165, 1.54) is 0 Å². The Morgan fingerprint density at radius 2 is 2.20 bits per heavy atom. The number of hydrogen-bond donors (Lipinski definition) is 0. The molecule has 2 heterocycles. The molecule has 2 rings (SSSR count). The van der Waals surface area contributed by atoms with E-state index in [4.69, 9.17) is 4.52 Å². The van der Waals surface area contributed by atoms with E-state index in [1.54, 1.807) is 16.8 Å². The average Bonchev–Trinajstić information content (AvgIpc) is 2.56. The van der Waals surface area contributed by atoms with Crippen LogP contribution in [0.5, 0.6) is 0 Å². The quantitative estimate of drug-likeness (QED) is 0.744. The summed E-state index contributed by atoms with van der Waals surface area (Å²) in [6.07, 6.45) is 1.77. The lowest BCUT2D eigenvalue weighted by Gasteiger charge is -2.01. The van der Waals surface area contributed by atoms with Gasteiger partial charge < -0.3 is 9.09 Å². The fourth-order valence-corrected chi connectivity index (χ4v) is 1.40.